The van der Waals surface area contributed by atoms with Crippen LogP contribution < -0.4 is 5.32 Å². The number of aromatic nitrogens is 2. The lowest BCUT2D eigenvalue weighted by molar-refractivity contribution is -0.136. The van der Waals surface area contributed by atoms with Crippen molar-refractivity contribution in [2.24, 2.45) is 11.8 Å². The first-order valence-electron chi connectivity index (χ1n) is 8.76. The van der Waals surface area contributed by atoms with Crippen LogP contribution >= 0.6 is 0 Å². The predicted octanol–water partition coefficient (Wildman–Crippen LogP) is 1.98. The maximum absolute atomic E-state index is 12.2. The van der Waals surface area contributed by atoms with Gasteiger partial charge in [-0.05, 0) is 31.1 Å². The molecule has 1 aromatic heterocycles. The Hall–Kier alpha value is -1.56. The molecule has 2 aliphatic rings. The van der Waals surface area contributed by atoms with E-state index < -0.39 is 0 Å². The van der Waals surface area contributed by atoms with Gasteiger partial charge in [0.1, 0.15) is 6.54 Å². The molecule has 0 aromatic carbocycles. The molecule has 3 atom stereocenters. The van der Waals surface area contributed by atoms with Gasteiger partial charge in [0.15, 0.2) is 0 Å². The number of nitrogens with zero attached hydrogens (tertiary/aromatic N) is 3. The normalized spacial score (nSPS) is 28.6. The lowest BCUT2D eigenvalue weighted by Crippen LogP contribution is -2.42. The van der Waals surface area contributed by atoms with Crippen LogP contribution in [-0.4, -0.2) is 52.9 Å². The molecular weight excluding hydrogens is 292 g/mol. The summed E-state index contributed by atoms with van der Waals surface area (Å²) in [6, 6.07) is 0.513. The molecule has 1 saturated carbocycles. The van der Waals surface area contributed by atoms with Gasteiger partial charge in [0.05, 0.1) is 25.1 Å². The van der Waals surface area contributed by atoms with Crippen molar-refractivity contribution in [2.75, 3.05) is 31.6 Å². The summed E-state index contributed by atoms with van der Waals surface area (Å²) in [7, 11) is 0. The number of carbonyl (C=O) groups is 1. The first kappa shape index (κ1) is 16.3. The summed E-state index contributed by atoms with van der Waals surface area (Å²) in [4.78, 5) is 14.1. The lowest BCUT2D eigenvalue weighted by atomic mass is 9.80. The van der Waals surface area contributed by atoms with E-state index in [1.54, 1.807) is 4.68 Å². The molecule has 0 radical (unpaired) electrons. The van der Waals surface area contributed by atoms with Crippen LogP contribution in [0.25, 0.3) is 0 Å². The first-order valence-corrected chi connectivity index (χ1v) is 8.76. The third-order valence-corrected chi connectivity index (χ3v) is 5.08. The zero-order valence-corrected chi connectivity index (χ0v) is 14.2. The van der Waals surface area contributed by atoms with Crippen LogP contribution in [0.2, 0.25) is 0 Å². The predicted molar refractivity (Wildman–Crippen MR) is 89.2 cm³/mol. The molecule has 1 aromatic rings. The van der Waals surface area contributed by atoms with E-state index in [4.69, 9.17) is 4.74 Å². The highest BCUT2D eigenvalue weighted by Gasteiger charge is 2.25. The highest BCUT2D eigenvalue weighted by molar-refractivity contribution is 5.76. The number of carbonyl (C=O) groups excluding carboxylic acids is 1. The van der Waals surface area contributed by atoms with E-state index in [1.165, 1.54) is 19.3 Å². The van der Waals surface area contributed by atoms with Gasteiger partial charge in [-0.1, -0.05) is 13.8 Å². The van der Waals surface area contributed by atoms with E-state index in [2.05, 4.69) is 24.3 Å². The summed E-state index contributed by atoms with van der Waals surface area (Å²) in [6.45, 7) is 7.60. The number of amides is 1. The summed E-state index contributed by atoms with van der Waals surface area (Å²) < 4.78 is 7.01. The molecule has 2 heterocycles. The molecule has 1 amide bonds. The standard InChI is InChI=1S/C17H28N4O2/c1-13-3-4-16(14(2)9-13)19-15-10-18-21(11-15)12-17(22)20-5-7-23-8-6-20/h10-11,13-14,16,19H,3-9,12H2,1-2H3. The van der Waals surface area contributed by atoms with E-state index in [9.17, 15) is 4.79 Å². The molecule has 1 aliphatic heterocycles. The summed E-state index contributed by atoms with van der Waals surface area (Å²) >= 11 is 0. The molecule has 2 fully saturated rings. The largest absolute Gasteiger partial charge is 0.380 e. The monoisotopic (exact) mass is 320 g/mol. The fourth-order valence-electron chi connectivity index (χ4n) is 3.67. The van der Waals surface area contributed by atoms with Crippen LogP contribution in [0, 0.1) is 11.8 Å². The summed E-state index contributed by atoms with van der Waals surface area (Å²) in [5, 5.41) is 7.93. The number of nitrogens with one attached hydrogen (secondary N) is 1. The zero-order chi connectivity index (χ0) is 16.2. The lowest BCUT2D eigenvalue weighted by Gasteiger charge is -2.33. The van der Waals surface area contributed by atoms with E-state index in [-0.39, 0.29) is 5.91 Å². The van der Waals surface area contributed by atoms with Gasteiger partial charge in [-0.3, -0.25) is 9.48 Å². The van der Waals surface area contributed by atoms with Crippen LogP contribution in [-0.2, 0) is 16.1 Å². The third-order valence-electron chi connectivity index (χ3n) is 5.08. The molecular formula is C17H28N4O2. The topological polar surface area (TPSA) is 59.4 Å². The van der Waals surface area contributed by atoms with Gasteiger partial charge in [-0.25, -0.2) is 0 Å². The van der Waals surface area contributed by atoms with Gasteiger partial charge in [0.2, 0.25) is 5.91 Å². The Bertz CT molecular complexity index is 524. The van der Waals surface area contributed by atoms with Crippen LogP contribution in [0.3, 0.4) is 0 Å². The molecule has 0 spiro atoms. The molecule has 1 aliphatic carbocycles. The molecule has 1 N–H and O–H groups in total. The highest BCUT2D eigenvalue weighted by atomic mass is 16.5. The molecule has 1 saturated heterocycles. The van der Waals surface area contributed by atoms with Gasteiger partial charge in [-0.15, -0.1) is 0 Å². The van der Waals surface area contributed by atoms with Crippen molar-refractivity contribution < 1.29 is 9.53 Å². The molecule has 6 heteroatoms. The van der Waals surface area contributed by atoms with Crippen LogP contribution in [0.1, 0.15) is 33.1 Å². The average molecular weight is 320 g/mol. The second kappa shape index (κ2) is 7.34. The maximum Gasteiger partial charge on any atom is 0.244 e. The fraction of sp³-hybridized carbons (Fsp3) is 0.765. The quantitative estimate of drug-likeness (QED) is 0.921. The number of anilines is 1. The van der Waals surface area contributed by atoms with Crippen molar-refractivity contribution in [3.05, 3.63) is 12.4 Å². The third kappa shape index (κ3) is 4.25. The van der Waals surface area contributed by atoms with Crippen molar-refractivity contribution in [1.29, 1.82) is 0 Å². The van der Waals surface area contributed by atoms with Crippen molar-refractivity contribution in [3.8, 4) is 0 Å². The molecule has 23 heavy (non-hydrogen) atoms. The minimum Gasteiger partial charge on any atom is -0.380 e. The Labute approximate surface area is 138 Å². The SMILES string of the molecule is CC1CCC(Nc2cnn(CC(=O)N3CCOCC3)c2)C(C)C1. The van der Waals surface area contributed by atoms with Crippen molar-refractivity contribution in [2.45, 2.75) is 45.7 Å². The Morgan fingerprint density at radius 1 is 1.35 bits per heavy atom. The second-order valence-corrected chi connectivity index (χ2v) is 7.07. The zero-order valence-electron chi connectivity index (χ0n) is 14.2. The fourth-order valence-corrected chi connectivity index (χ4v) is 3.67. The van der Waals surface area contributed by atoms with Gasteiger partial charge < -0.3 is 15.0 Å². The van der Waals surface area contributed by atoms with E-state index in [1.807, 2.05) is 17.3 Å². The van der Waals surface area contributed by atoms with Crippen LogP contribution in [0.15, 0.2) is 12.4 Å². The van der Waals surface area contributed by atoms with Crippen molar-refractivity contribution >= 4 is 11.6 Å². The van der Waals surface area contributed by atoms with Crippen LogP contribution in [0.5, 0.6) is 0 Å². The number of hydrogen-bond acceptors (Lipinski definition) is 4. The van der Waals surface area contributed by atoms with E-state index >= 15 is 0 Å². The molecule has 6 nitrogen and oxygen atoms in total. The minimum absolute atomic E-state index is 0.114. The van der Waals surface area contributed by atoms with Crippen molar-refractivity contribution in [3.63, 3.8) is 0 Å². The van der Waals surface area contributed by atoms with E-state index in [0.29, 0.717) is 44.8 Å². The number of ether oxygens (including phenoxy) is 1. The Kier molecular flexibility index (Phi) is 5.20. The first-order chi connectivity index (χ1) is 11.1. The van der Waals surface area contributed by atoms with Crippen molar-refractivity contribution in [1.82, 2.24) is 14.7 Å². The summed E-state index contributed by atoms with van der Waals surface area (Å²) in [6.07, 6.45) is 7.55. The van der Waals surface area contributed by atoms with E-state index in [0.717, 1.165) is 11.6 Å². The summed E-state index contributed by atoms with van der Waals surface area (Å²) in [5.41, 5.74) is 1.02. The Morgan fingerprint density at radius 2 is 2.13 bits per heavy atom. The average Bonchev–Trinajstić information content (AvgIpc) is 2.98. The number of hydrogen-bond donors (Lipinski definition) is 1. The highest BCUT2D eigenvalue weighted by Crippen LogP contribution is 2.30. The van der Waals surface area contributed by atoms with Gasteiger partial charge in [-0.2, -0.15) is 5.10 Å². The molecule has 128 valence electrons. The van der Waals surface area contributed by atoms with Gasteiger partial charge in [0, 0.05) is 25.3 Å². The summed E-state index contributed by atoms with van der Waals surface area (Å²) in [5.74, 6) is 1.62. The molecule has 0 bridgehead atoms. The minimum atomic E-state index is 0.114. The van der Waals surface area contributed by atoms with Gasteiger partial charge in [0.25, 0.3) is 0 Å². The Morgan fingerprint density at radius 3 is 2.87 bits per heavy atom. The second-order valence-electron chi connectivity index (χ2n) is 7.07. The Balaban J connectivity index is 1.52. The van der Waals surface area contributed by atoms with Crippen LogP contribution in [0.4, 0.5) is 5.69 Å². The maximum atomic E-state index is 12.2. The molecule has 3 unspecified atom stereocenters. The smallest absolute Gasteiger partial charge is 0.244 e. The number of morpholine rings is 1. The van der Waals surface area contributed by atoms with Gasteiger partial charge >= 0.3 is 0 Å². The number of rotatable bonds is 4. The molecule has 3 rings (SSSR count).